The van der Waals surface area contributed by atoms with Gasteiger partial charge in [-0.2, -0.15) is 0 Å². The number of nitrogens with zero attached hydrogens (tertiary/aromatic N) is 1. The molecule has 0 aliphatic heterocycles. The number of rotatable bonds is 5. The Bertz CT molecular complexity index is 659. The highest BCUT2D eigenvalue weighted by Gasteiger charge is 2.14. The molecule has 1 aromatic carbocycles. The first-order valence-electron chi connectivity index (χ1n) is 6.84. The zero-order valence-corrected chi connectivity index (χ0v) is 13.4. The van der Waals surface area contributed by atoms with Crippen molar-refractivity contribution in [3.05, 3.63) is 47.1 Å². The normalized spacial score (nSPS) is 11.6. The van der Waals surface area contributed by atoms with Crippen molar-refractivity contribution in [1.82, 2.24) is 4.98 Å². The number of methoxy groups -OCH3 is 1. The Morgan fingerprint density at radius 1 is 1.32 bits per heavy atom. The molecule has 2 rings (SSSR count). The molecule has 2 aromatic rings. The molecular weight excluding hydrogens is 302 g/mol. The van der Waals surface area contributed by atoms with E-state index in [9.17, 15) is 4.79 Å². The number of ether oxygens (including phenoxy) is 1. The number of carbonyl (C=O) groups excluding carboxylic acids is 1. The van der Waals surface area contributed by atoms with Crippen LogP contribution < -0.4 is 15.4 Å². The van der Waals surface area contributed by atoms with Crippen LogP contribution in [0.4, 0.5) is 11.4 Å². The molecule has 0 saturated heterocycles. The molecule has 116 valence electrons. The van der Waals surface area contributed by atoms with Gasteiger partial charge in [0.25, 0.3) is 0 Å². The number of nitrogens with one attached hydrogen (secondary N) is 2. The topological polar surface area (TPSA) is 63.2 Å². The fourth-order valence-electron chi connectivity index (χ4n) is 1.89. The molecule has 0 fully saturated rings. The van der Waals surface area contributed by atoms with Crippen LogP contribution in [0.1, 0.15) is 12.5 Å². The number of pyridine rings is 1. The standard InChI is InChI=1S/C16H18ClN3O2/c1-10-13(17)5-4-6-14(10)20-16(21)11(2)19-12-7-8-15(22-3)18-9-12/h4-9,11,19H,1-3H3,(H,20,21). The zero-order valence-electron chi connectivity index (χ0n) is 12.7. The number of halogens is 1. The van der Waals surface area contributed by atoms with Crippen LogP contribution in [0, 0.1) is 6.92 Å². The third kappa shape index (κ3) is 3.89. The first kappa shape index (κ1) is 16.1. The summed E-state index contributed by atoms with van der Waals surface area (Å²) in [6.45, 7) is 3.64. The number of hydrogen-bond acceptors (Lipinski definition) is 4. The molecule has 1 heterocycles. The van der Waals surface area contributed by atoms with Crippen molar-refractivity contribution < 1.29 is 9.53 Å². The predicted octanol–water partition coefficient (Wildman–Crippen LogP) is 3.49. The van der Waals surface area contributed by atoms with Crippen molar-refractivity contribution >= 4 is 28.9 Å². The van der Waals surface area contributed by atoms with E-state index in [1.54, 1.807) is 44.5 Å². The maximum atomic E-state index is 12.2. The Labute approximate surface area is 134 Å². The van der Waals surface area contributed by atoms with Crippen LogP contribution in [0.5, 0.6) is 5.88 Å². The van der Waals surface area contributed by atoms with Crippen molar-refractivity contribution in [3.63, 3.8) is 0 Å². The van der Waals surface area contributed by atoms with E-state index in [-0.39, 0.29) is 5.91 Å². The first-order chi connectivity index (χ1) is 10.5. The Morgan fingerprint density at radius 2 is 2.09 bits per heavy atom. The van der Waals surface area contributed by atoms with Gasteiger partial charge in [-0.3, -0.25) is 4.79 Å². The lowest BCUT2D eigenvalue weighted by atomic mass is 10.2. The van der Waals surface area contributed by atoms with Gasteiger partial charge in [-0.25, -0.2) is 4.98 Å². The Morgan fingerprint density at radius 3 is 2.73 bits per heavy atom. The highest BCUT2D eigenvalue weighted by Crippen LogP contribution is 2.23. The van der Waals surface area contributed by atoms with E-state index in [0.717, 1.165) is 11.3 Å². The minimum atomic E-state index is -0.423. The quantitative estimate of drug-likeness (QED) is 0.885. The maximum Gasteiger partial charge on any atom is 0.246 e. The average molecular weight is 320 g/mol. The summed E-state index contributed by atoms with van der Waals surface area (Å²) >= 11 is 6.05. The van der Waals surface area contributed by atoms with E-state index in [4.69, 9.17) is 16.3 Å². The zero-order chi connectivity index (χ0) is 16.1. The summed E-state index contributed by atoms with van der Waals surface area (Å²) in [5, 5.41) is 6.57. The molecule has 0 aliphatic carbocycles. The molecular formula is C16H18ClN3O2. The van der Waals surface area contributed by atoms with Crippen LogP contribution in [0.15, 0.2) is 36.5 Å². The highest BCUT2D eigenvalue weighted by atomic mass is 35.5. The van der Waals surface area contributed by atoms with Gasteiger partial charge in [-0.15, -0.1) is 0 Å². The van der Waals surface area contributed by atoms with Crippen molar-refractivity contribution in [2.45, 2.75) is 19.9 Å². The minimum Gasteiger partial charge on any atom is -0.481 e. The summed E-state index contributed by atoms with van der Waals surface area (Å²) in [6, 6.07) is 8.52. The van der Waals surface area contributed by atoms with Gasteiger partial charge in [0.15, 0.2) is 0 Å². The second kappa shape index (κ2) is 7.13. The van der Waals surface area contributed by atoms with E-state index in [0.29, 0.717) is 16.6 Å². The first-order valence-corrected chi connectivity index (χ1v) is 7.21. The van der Waals surface area contributed by atoms with Crippen molar-refractivity contribution in [2.24, 2.45) is 0 Å². The van der Waals surface area contributed by atoms with Crippen LogP contribution in [0.3, 0.4) is 0 Å². The second-order valence-electron chi connectivity index (χ2n) is 4.86. The molecule has 1 unspecified atom stereocenters. The summed E-state index contributed by atoms with van der Waals surface area (Å²) < 4.78 is 4.99. The molecule has 5 nitrogen and oxygen atoms in total. The molecule has 2 N–H and O–H groups in total. The summed E-state index contributed by atoms with van der Waals surface area (Å²) in [5.74, 6) is 0.374. The van der Waals surface area contributed by atoms with Gasteiger partial charge < -0.3 is 15.4 Å². The molecule has 22 heavy (non-hydrogen) atoms. The fraction of sp³-hybridized carbons (Fsp3) is 0.250. The number of carbonyl (C=O) groups is 1. The minimum absolute atomic E-state index is 0.152. The largest absolute Gasteiger partial charge is 0.481 e. The Hall–Kier alpha value is -2.27. The number of benzene rings is 1. The average Bonchev–Trinajstić information content (AvgIpc) is 2.52. The maximum absolute atomic E-state index is 12.2. The fourth-order valence-corrected chi connectivity index (χ4v) is 2.06. The SMILES string of the molecule is COc1ccc(NC(C)C(=O)Nc2cccc(Cl)c2C)cn1. The van der Waals surface area contributed by atoms with Crippen LogP contribution in [0.25, 0.3) is 0 Å². The summed E-state index contributed by atoms with van der Waals surface area (Å²) in [5.41, 5.74) is 2.29. The molecule has 0 spiro atoms. The molecule has 1 aromatic heterocycles. The molecule has 0 bridgehead atoms. The molecule has 6 heteroatoms. The number of amides is 1. The molecule has 0 aliphatic rings. The van der Waals surface area contributed by atoms with Crippen LogP contribution in [-0.2, 0) is 4.79 Å². The van der Waals surface area contributed by atoms with Gasteiger partial charge in [-0.1, -0.05) is 17.7 Å². The van der Waals surface area contributed by atoms with E-state index in [1.807, 2.05) is 13.0 Å². The third-order valence-corrected chi connectivity index (χ3v) is 3.66. The van der Waals surface area contributed by atoms with E-state index in [2.05, 4.69) is 15.6 Å². The van der Waals surface area contributed by atoms with Gasteiger partial charge in [0.2, 0.25) is 11.8 Å². The Balaban J connectivity index is 2.01. The molecule has 1 atom stereocenters. The van der Waals surface area contributed by atoms with E-state index < -0.39 is 6.04 Å². The van der Waals surface area contributed by atoms with Crippen LogP contribution in [0.2, 0.25) is 5.02 Å². The third-order valence-electron chi connectivity index (χ3n) is 3.25. The van der Waals surface area contributed by atoms with Gasteiger partial charge in [0, 0.05) is 16.8 Å². The van der Waals surface area contributed by atoms with Crippen molar-refractivity contribution in [2.75, 3.05) is 17.7 Å². The molecule has 1 amide bonds. The van der Waals surface area contributed by atoms with Crippen molar-refractivity contribution in [1.29, 1.82) is 0 Å². The van der Waals surface area contributed by atoms with Crippen molar-refractivity contribution in [3.8, 4) is 5.88 Å². The van der Waals surface area contributed by atoms with E-state index in [1.165, 1.54) is 0 Å². The number of anilines is 2. The van der Waals surface area contributed by atoms with Crippen LogP contribution in [-0.4, -0.2) is 24.0 Å². The summed E-state index contributed by atoms with van der Waals surface area (Å²) in [4.78, 5) is 16.3. The van der Waals surface area contributed by atoms with Gasteiger partial charge in [0.05, 0.1) is 19.0 Å². The Kier molecular flexibility index (Phi) is 5.22. The van der Waals surface area contributed by atoms with E-state index >= 15 is 0 Å². The summed E-state index contributed by atoms with van der Waals surface area (Å²) in [7, 11) is 1.55. The smallest absolute Gasteiger partial charge is 0.246 e. The molecule has 0 radical (unpaired) electrons. The predicted molar refractivity (Wildman–Crippen MR) is 88.7 cm³/mol. The molecule has 0 saturated carbocycles. The monoisotopic (exact) mass is 319 g/mol. The lowest BCUT2D eigenvalue weighted by Crippen LogP contribution is -2.32. The summed E-state index contributed by atoms with van der Waals surface area (Å²) in [6.07, 6.45) is 1.62. The lowest BCUT2D eigenvalue weighted by molar-refractivity contribution is -0.116. The van der Waals surface area contributed by atoms with Gasteiger partial charge >= 0.3 is 0 Å². The van der Waals surface area contributed by atoms with Gasteiger partial charge in [0.1, 0.15) is 6.04 Å². The lowest BCUT2D eigenvalue weighted by Gasteiger charge is -2.16. The van der Waals surface area contributed by atoms with Gasteiger partial charge in [-0.05, 0) is 37.6 Å². The number of aromatic nitrogens is 1. The van der Waals surface area contributed by atoms with Crippen LogP contribution >= 0.6 is 11.6 Å². The second-order valence-corrected chi connectivity index (χ2v) is 5.26. The highest BCUT2D eigenvalue weighted by molar-refractivity contribution is 6.31. The number of hydrogen-bond donors (Lipinski definition) is 2.